The number of hydrogen-bond donors (Lipinski definition) is 1. The van der Waals surface area contributed by atoms with Crippen LogP contribution in [-0.2, 0) is 11.2 Å². The Balaban J connectivity index is 1.57. The fraction of sp³-hybridized carbons (Fsp3) is 0.0476. The average molecular weight is 489 g/mol. The van der Waals surface area contributed by atoms with E-state index in [1.807, 2.05) is 48.5 Å². The summed E-state index contributed by atoms with van der Waals surface area (Å²) in [6, 6.07) is 20.7. The van der Waals surface area contributed by atoms with Crippen LogP contribution in [0.2, 0.25) is 5.02 Å². The van der Waals surface area contributed by atoms with Gasteiger partial charge in [-0.25, -0.2) is 4.98 Å². The van der Waals surface area contributed by atoms with Gasteiger partial charge in [0.1, 0.15) is 5.52 Å². The number of aromatic nitrogens is 1. The molecule has 0 unspecified atom stereocenters. The van der Waals surface area contributed by atoms with Gasteiger partial charge in [0, 0.05) is 9.26 Å². The van der Waals surface area contributed by atoms with Crippen LogP contribution < -0.4 is 5.32 Å². The van der Waals surface area contributed by atoms with Crippen LogP contribution >= 0.6 is 34.2 Å². The van der Waals surface area contributed by atoms with Crippen molar-refractivity contribution in [2.24, 2.45) is 0 Å². The number of nitrogens with zero attached hydrogens (tertiary/aromatic N) is 1. The molecule has 0 spiro atoms. The number of anilines is 1. The molecule has 0 aliphatic heterocycles. The third kappa shape index (κ3) is 4.14. The van der Waals surface area contributed by atoms with Crippen molar-refractivity contribution in [1.82, 2.24) is 4.98 Å². The van der Waals surface area contributed by atoms with Crippen molar-refractivity contribution in [2.45, 2.75) is 6.42 Å². The lowest BCUT2D eigenvalue weighted by molar-refractivity contribution is -0.115. The number of fused-ring (bicyclic) bond motifs is 1. The molecule has 0 aliphatic rings. The highest BCUT2D eigenvalue weighted by atomic mass is 127. The molecular weight excluding hydrogens is 475 g/mol. The zero-order valence-electron chi connectivity index (χ0n) is 14.1. The Labute approximate surface area is 174 Å². The van der Waals surface area contributed by atoms with Gasteiger partial charge in [-0.2, -0.15) is 0 Å². The van der Waals surface area contributed by atoms with Crippen molar-refractivity contribution in [2.75, 3.05) is 5.32 Å². The lowest BCUT2D eigenvalue weighted by atomic mass is 10.1. The number of amides is 1. The molecule has 0 bridgehead atoms. The third-order valence-electron chi connectivity index (χ3n) is 4.04. The summed E-state index contributed by atoms with van der Waals surface area (Å²) in [5.74, 6) is 0.381. The van der Waals surface area contributed by atoms with Gasteiger partial charge in [-0.15, -0.1) is 0 Å². The molecular formula is C21H14ClIN2O2. The van der Waals surface area contributed by atoms with E-state index in [1.54, 1.807) is 18.2 Å². The highest BCUT2D eigenvalue weighted by Crippen LogP contribution is 2.32. The van der Waals surface area contributed by atoms with Crippen molar-refractivity contribution in [3.05, 3.63) is 80.9 Å². The van der Waals surface area contributed by atoms with Crippen LogP contribution in [-0.4, -0.2) is 10.9 Å². The van der Waals surface area contributed by atoms with Crippen LogP contribution in [0.3, 0.4) is 0 Å². The zero-order chi connectivity index (χ0) is 18.8. The fourth-order valence-corrected chi connectivity index (χ4v) is 3.46. The number of carbonyl (C=O) groups excluding carboxylic acids is 1. The second-order valence-electron chi connectivity index (χ2n) is 6.04. The van der Waals surface area contributed by atoms with E-state index in [-0.39, 0.29) is 5.91 Å². The molecule has 0 saturated carbocycles. The predicted molar refractivity (Wildman–Crippen MR) is 116 cm³/mol. The van der Waals surface area contributed by atoms with E-state index in [0.717, 1.165) is 14.7 Å². The summed E-state index contributed by atoms with van der Waals surface area (Å²) < 4.78 is 6.88. The SMILES string of the molecule is O=C(Cc1ccccc1)Nc1ccc2oc(-c3cc(I)ccc3Cl)nc2c1. The summed E-state index contributed by atoms with van der Waals surface area (Å²) in [7, 11) is 0. The minimum Gasteiger partial charge on any atom is -0.436 e. The van der Waals surface area contributed by atoms with Crippen LogP contribution in [0.5, 0.6) is 0 Å². The highest BCUT2D eigenvalue weighted by molar-refractivity contribution is 14.1. The summed E-state index contributed by atoms with van der Waals surface area (Å²) in [6.45, 7) is 0. The van der Waals surface area contributed by atoms with Crippen molar-refractivity contribution in [3.8, 4) is 11.5 Å². The van der Waals surface area contributed by atoms with Crippen LogP contribution in [0.15, 0.2) is 71.1 Å². The number of hydrogen-bond acceptors (Lipinski definition) is 3. The minimum absolute atomic E-state index is 0.0788. The van der Waals surface area contributed by atoms with Gasteiger partial charge >= 0.3 is 0 Å². The third-order valence-corrected chi connectivity index (χ3v) is 5.04. The van der Waals surface area contributed by atoms with Gasteiger partial charge in [-0.1, -0.05) is 41.9 Å². The van der Waals surface area contributed by atoms with E-state index in [9.17, 15) is 4.79 Å². The Bertz CT molecular complexity index is 1130. The molecule has 4 aromatic rings. The molecule has 27 heavy (non-hydrogen) atoms. The molecule has 0 aliphatic carbocycles. The Hall–Kier alpha value is -2.38. The molecule has 1 heterocycles. The van der Waals surface area contributed by atoms with Crippen molar-refractivity contribution < 1.29 is 9.21 Å². The van der Waals surface area contributed by atoms with E-state index in [1.165, 1.54) is 0 Å². The summed E-state index contributed by atoms with van der Waals surface area (Å²) >= 11 is 8.49. The van der Waals surface area contributed by atoms with E-state index >= 15 is 0 Å². The normalized spacial score (nSPS) is 10.9. The van der Waals surface area contributed by atoms with Gasteiger partial charge in [-0.05, 0) is 64.6 Å². The lowest BCUT2D eigenvalue weighted by Crippen LogP contribution is -2.14. The molecule has 1 N–H and O–H groups in total. The average Bonchev–Trinajstić information content (AvgIpc) is 3.07. The van der Waals surface area contributed by atoms with Crippen molar-refractivity contribution in [1.29, 1.82) is 0 Å². The zero-order valence-corrected chi connectivity index (χ0v) is 17.0. The smallest absolute Gasteiger partial charge is 0.228 e. The second-order valence-corrected chi connectivity index (χ2v) is 7.69. The number of carbonyl (C=O) groups is 1. The quantitative estimate of drug-likeness (QED) is 0.362. The van der Waals surface area contributed by atoms with Crippen LogP contribution in [0.25, 0.3) is 22.6 Å². The van der Waals surface area contributed by atoms with E-state index < -0.39 is 0 Å². The molecule has 0 fully saturated rings. The molecule has 0 atom stereocenters. The monoisotopic (exact) mass is 488 g/mol. The first-order chi connectivity index (χ1) is 13.1. The maximum Gasteiger partial charge on any atom is 0.228 e. The van der Waals surface area contributed by atoms with Gasteiger partial charge in [0.2, 0.25) is 11.8 Å². The lowest BCUT2D eigenvalue weighted by Gasteiger charge is -2.04. The number of halogens is 2. The van der Waals surface area contributed by atoms with E-state index in [0.29, 0.717) is 34.1 Å². The minimum atomic E-state index is -0.0788. The molecule has 1 amide bonds. The molecule has 0 saturated heterocycles. The number of nitrogens with one attached hydrogen (secondary N) is 1. The van der Waals surface area contributed by atoms with E-state index in [2.05, 4.69) is 32.9 Å². The summed E-state index contributed by atoms with van der Waals surface area (Å²) in [6.07, 6.45) is 0.320. The van der Waals surface area contributed by atoms with Gasteiger partial charge < -0.3 is 9.73 Å². The van der Waals surface area contributed by atoms with Crippen molar-refractivity contribution >= 4 is 56.9 Å². The van der Waals surface area contributed by atoms with Gasteiger partial charge in [0.05, 0.1) is 17.0 Å². The molecule has 0 radical (unpaired) electrons. The Morgan fingerprint density at radius 2 is 1.89 bits per heavy atom. The molecule has 4 nitrogen and oxygen atoms in total. The predicted octanol–water partition coefficient (Wildman–Crippen LogP) is 5.93. The summed E-state index contributed by atoms with van der Waals surface area (Å²) in [5, 5.41) is 3.49. The van der Waals surface area contributed by atoms with Crippen LogP contribution in [0.4, 0.5) is 5.69 Å². The number of oxazole rings is 1. The first-order valence-corrected chi connectivity index (χ1v) is 9.74. The summed E-state index contributed by atoms with van der Waals surface area (Å²) in [4.78, 5) is 16.8. The molecule has 4 rings (SSSR count). The maximum atomic E-state index is 12.3. The fourth-order valence-electron chi connectivity index (χ4n) is 2.77. The Morgan fingerprint density at radius 1 is 1.07 bits per heavy atom. The largest absolute Gasteiger partial charge is 0.436 e. The topological polar surface area (TPSA) is 55.1 Å². The highest BCUT2D eigenvalue weighted by Gasteiger charge is 2.13. The standard InChI is InChI=1S/C21H14ClIN2O2/c22-17-8-6-14(23)11-16(17)21-25-18-12-15(7-9-19(18)27-21)24-20(26)10-13-4-2-1-3-5-13/h1-9,11-12H,10H2,(H,24,26). The number of rotatable bonds is 4. The first-order valence-electron chi connectivity index (χ1n) is 8.28. The summed E-state index contributed by atoms with van der Waals surface area (Å²) in [5.41, 5.74) is 3.69. The van der Waals surface area contributed by atoms with Crippen LogP contribution in [0, 0.1) is 3.57 Å². The van der Waals surface area contributed by atoms with Gasteiger partial charge in [-0.3, -0.25) is 4.79 Å². The Morgan fingerprint density at radius 3 is 2.70 bits per heavy atom. The van der Waals surface area contributed by atoms with Gasteiger partial charge in [0.15, 0.2) is 5.58 Å². The maximum absolute atomic E-state index is 12.3. The molecule has 3 aromatic carbocycles. The van der Waals surface area contributed by atoms with E-state index in [4.69, 9.17) is 16.0 Å². The number of benzene rings is 3. The molecule has 1 aromatic heterocycles. The van der Waals surface area contributed by atoms with Gasteiger partial charge in [0.25, 0.3) is 0 Å². The van der Waals surface area contributed by atoms with Crippen molar-refractivity contribution in [3.63, 3.8) is 0 Å². The molecule has 6 heteroatoms. The van der Waals surface area contributed by atoms with Crippen LogP contribution in [0.1, 0.15) is 5.56 Å². The second kappa shape index (κ2) is 7.70. The Kier molecular flexibility index (Phi) is 5.13. The molecule has 134 valence electrons. The first kappa shape index (κ1) is 18.0.